The van der Waals surface area contributed by atoms with Crippen LogP contribution in [0.2, 0.25) is 0 Å². The topological polar surface area (TPSA) is 12.5 Å². The number of nitrogens with zero attached hydrogens (tertiary/aromatic N) is 1. The molecule has 2 unspecified atom stereocenters. The second-order valence-electron chi connectivity index (χ2n) is 6.80. The first-order valence-electron chi connectivity index (χ1n) is 7.97. The van der Waals surface area contributed by atoms with E-state index in [0.29, 0.717) is 11.6 Å². The smallest absolute Gasteiger partial charge is 0.0683 e. The van der Waals surface area contributed by atoms with Gasteiger partial charge in [-0.3, -0.25) is 4.90 Å². The highest BCUT2D eigenvalue weighted by atomic mass is 16.5. The highest BCUT2D eigenvalue weighted by Gasteiger charge is 2.51. The number of hydrogen-bond donors (Lipinski definition) is 0. The van der Waals surface area contributed by atoms with Crippen molar-refractivity contribution < 1.29 is 4.74 Å². The maximum Gasteiger partial charge on any atom is 0.0683 e. The molecule has 2 fully saturated rings. The molecule has 0 aromatic carbocycles. The van der Waals surface area contributed by atoms with Crippen molar-refractivity contribution in [3.63, 3.8) is 0 Å². The van der Waals surface area contributed by atoms with Gasteiger partial charge < -0.3 is 4.74 Å². The molecule has 2 atom stereocenters. The van der Waals surface area contributed by atoms with Crippen molar-refractivity contribution in [2.45, 2.75) is 83.8 Å². The lowest BCUT2D eigenvalue weighted by molar-refractivity contribution is -0.193. The number of ether oxygens (including phenoxy) is 1. The van der Waals surface area contributed by atoms with Gasteiger partial charge in [0.2, 0.25) is 0 Å². The van der Waals surface area contributed by atoms with E-state index >= 15 is 0 Å². The van der Waals surface area contributed by atoms with Crippen LogP contribution in [0.15, 0.2) is 0 Å². The fraction of sp³-hybridized carbons (Fsp3) is 1.00. The number of rotatable bonds is 5. The van der Waals surface area contributed by atoms with Crippen LogP contribution in [0.1, 0.15) is 66.2 Å². The summed E-state index contributed by atoms with van der Waals surface area (Å²) in [5.41, 5.74) is 0.400. The van der Waals surface area contributed by atoms with Crippen LogP contribution in [0, 0.1) is 5.92 Å². The Bertz CT molecular complexity index is 260. The van der Waals surface area contributed by atoms with E-state index in [2.05, 4.69) is 32.6 Å². The summed E-state index contributed by atoms with van der Waals surface area (Å²) in [6.07, 6.45) is 8.23. The average Bonchev–Trinajstić information content (AvgIpc) is 2.28. The van der Waals surface area contributed by atoms with Crippen LogP contribution in [0.4, 0.5) is 0 Å². The van der Waals surface area contributed by atoms with E-state index in [9.17, 15) is 0 Å². The third-order valence-corrected chi connectivity index (χ3v) is 5.03. The maximum atomic E-state index is 5.56. The molecule has 0 aromatic heterocycles. The standard InChI is InChI=1S/C16H31NO/c1-5-6-7-8-15-14(4)9-10-16(11-18-12-16)17(15)13(2)3/h13-15H,5-12H2,1-4H3. The predicted molar refractivity (Wildman–Crippen MR) is 76.9 cm³/mol. The van der Waals surface area contributed by atoms with E-state index in [1.807, 2.05) is 0 Å². The number of likely N-dealkylation sites (tertiary alicyclic amines) is 1. The second-order valence-corrected chi connectivity index (χ2v) is 6.80. The lowest BCUT2D eigenvalue weighted by Crippen LogP contribution is -2.70. The summed E-state index contributed by atoms with van der Waals surface area (Å²) in [4.78, 5) is 2.82. The first kappa shape index (κ1) is 14.3. The molecular weight excluding hydrogens is 222 g/mol. The van der Waals surface area contributed by atoms with Crippen molar-refractivity contribution in [3.8, 4) is 0 Å². The largest absolute Gasteiger partial charge is 0.377 e. The number of piperidine rings is 1. The van der Waals surface area contributed by atoms with Gasteiger partial charge in [-0.25, -0.2) is 0 Å². The molecule has 0 saturated carbocycles. The van der Waals surface area contributed by atoms with E-state index in [1.54, 1.807) is 0 Å². The Hall–Kier alpha value is -0.0800. The summed E-state index contributed by atoms with van der Waals surface area (Å²) in [6, 6.07) is 1.44. The molecule has 106 valence electrons. The summed E-state index contributed by atoms with van der Waals surface area (Å²) >= 11 is 0. The van der Waals surface area contributed by atoms with E-state index in [0.717, 1.165) is 25.2 Å². The molecule has 0 N–H and O–H groups in total. The van der Waals surface area contributed by atoms with Crippen LogP contribution < -0.4 is 0 Å². The predicted octanol–water partition coefficient (Wildman–Crippen LogP) is 3.84. The molecule has 0 aromatic rings. The quantitative estimate of drug-likeness (QED) is 0.690. The second kappa shape index (κ2) is 5.92. The molecule has 0 radical (unpaired) electrons. The van der Waals surface area contributed by atoms with E-state index < -0.39 is 0 Å². The number of unbranched alkanes of at least 4 members (excludes halogenated alkanes) is 2. The molecule has 0 aliphatic carbocycles. The van der Waals surface area contributed by atoms with Gasteiger partial charge in [-0.05, 0) is 39.0 Å². The molecule has 2 aliphatic heterocycles. The van der Waals surface area contributed by atoms with Crippen LogP contribution in [-0.2, 0) is 4.74 Å². The highest BCUT2D eigenvalue weighted by molar-refractivity contribution is 5.04. The van der Waals surface area contributed by atoms with Gasteiger partial charge >= 0.3 is 0 Å². The van der Waals surface area contributed by atoms with Gasteiger partial charge in [0.1, 0.15) is 0 Å². The summed E-state index contributed by atoms with van der Waals surface area (Å²) in [6.45, 7) is 11.4. The van der Waals surface area contributed by atoms with Gasteiger partial charge in [-0.15, -0.1) is 0 Å². The molecular formula is C16H31NO. The van der Waals surface area contributed by atoms with Gasteiger partial charge in [0.15, 0.2) is 0 Å². The molecule has 18 heavy (non-hydrogen) atoms. The Kier molecular flexibility index (Phi) is 4.71. The molecule has 2 saturated heterocycles. The minimum absolute atomic E-state index is 0.400. The lowest BCUT2D eigenvalue weighted by atomic mass is 9.74. The van der Waals surface area contributed by atoms with Crippen molar-refractivity contribution in [1.29, 1.82) is 0 Å². The number of hydrogen-bond acceptors (Lipinski definition) is 2. The van der Waals surface area contributed by atoms with Crippen LogP contribution >= 0.6 is 0 Å². The third kappa shape index (κ3) is 2.60. The van der Waals surface area contributed by atoms with E-state index in [1.165, 1.54) is 38.5 Å². The summed E-state index contributed by atoms with van der Waals surface area (Å²) < 4.78 is 5.56. The van der Waals surface area contributed by atoms with Gasteiger partial charge in [0.25, 0.3) is 0 Å². The van der Waals surface area contributed by atoms with Gasteiger partial charge in [0.05, 0.1) is 18.8 Å². The molecule has 1 spiro atoms. The molecule has 2 rings (SSSR count). The van der Waals surface area contributed by atoms with Crippen molar-refractivity contribution >= 4 is 0 Å². The first-order chi connectivity index (χ1) is 8.60. The molecule has 2 heterocycles. The Morgan fingerprint density at radius 2 is 2.00 bits per heavy atom. The average molecular weight is 253 g/mol. The van der Waals surface area contributed by atoms with Crippen LogP contribution in [-0.4, -0.2) is 35.7 Å². The Balaban J connectivity index is 2.06. The van der Waals surface area contributed by atoms with Crippen LogP contribution in [0.25, 0.3) is 0 Å². The van der Waals surface area contributed by atoms with E-state index in [-0.39, 0.29) is 0 Å². The minimum atomic E-state index is 0.400. The van der Waals surface area contributed by atoms with Gasteiger partial charge in [-0.2, -0.15) is 0 Å². The monoisotopic (exact) mass is 253 g/mol. The van der Waals surface area contributed by atoms with Crippen molar-refractivity contribution in [1.82, 2.24) is 4.90 Å². The van der Waals surface area contributed by atoms with Crippen LogP contribution in [0.5, 0.6) is 0 Å². The zero-order valence-electron chi connectivity index (χ0n) is 12.7. The van der Waals surface area contributed by atoms with Gasteiger partial charge in [0, 0.05) is 12.1 Å². The van der Waals surface area contributed by atoms with E-state index in [4.69, 9.17) is 4.74 Å². The molecule has 2 aliphatic rings. The molecule has 2 heteroatoms. The SMILES string of the molecule is CCCCCC1C(C)CCC2(COC2)N1C(C)C. The van der Waals surface area contributed by atoms with Crippen LogP contribution in [0.3, 0.4) is 0 Å². The lowest BCUT2D eigenvalue weighted by Gasteiger charge is -2.59. The normalized spacial score (nSPS) is 31.8. The van der Waals surface area contributed by atoms with Crippen molar-refractivity contribution in [2.24, 2.45) is 5.92 Å². The Morgan fingerprint density at radius 1 is 1.28 bits per heavy atom. The van der Waals surface area contributed by atoms with Gasteiger partial charge in [-0.1, -0.05) is 33.1 Å². The fourth-order valence-electron chi connectivity index (χ4n) is 4.03. The zero-order chi connectivity index (χ0) is 13.2. The third-order valence-electron chi connectivity index (χ3n) is 5.03. The van der Waals surface area contributed by atoms with Crippen molar-refractivity contribution in [2.75, 3.05) is 13.2 Å². The highest BCUT2D eigenvalue weighted by Crippen LogP contribution is 2.42. The molecule has 0 bridgehead atoms. The maximum absolute atomic E-state index is 5.56. The first-order valence-corrected chi connectivity index (χ1v) is 7.97. The molecule has 2 nitrogen and oxygen atoms in total. The summed E-state index contributed by atoms with van der Waals surface area (Å²) in [5, 5.41) is 0. The summed E-state index contributed by atoms with van der Waals surface area (Å²) in [5.74, 6) is 0.857. The molecule has 0 amide bonds. The zero-order valence-corrected chi connectivity index (χ0v) is 12.7. The van der Waals surface area contributed by atoms with Crippen molar-refractivity contribution in [3.05, 3.63) is 0 Å². The summed E-state index contributed by atoms with van der Waals surface area (Å²) in [7, 11) is 0. The Morgan fingerprint density at radius 3 is 2.50 bits per heavy atom. The minimum Gasteiger partial charge on any atom is -0.377 e. The fourth-order valence-corrected chi connectivity index (χ4v) is 4.03. The Labute approximate surface area is 113 Å².